The van der Waals surface area contributed by atoms with Gasteiger partial charge in [-0.25, -0.2) is 4.39 Å². The fourth-order valence-corrected chi connectivity index (χ4v) is 1.39. The summed E-state index contributed by atoms with van der Waals surface area (Å²) in [6.45, 7) is 0.0319. The number of nitrogens with zero attached hydrogens (tertiary/aromatic N) is 1. The van der Waals surface area contributed by atoms with E-state index in [1.807, 2.05) is 0 Å². The second kappa shape index (κ2) is 5.09. The fraction of sp³-hybridized carbons (Fsp3) is 0.300. The molecule has 5 heteroatoms. The van der Waals surface area contributed by atoms with Gasteiger partial charge in [0.05, 0.1) is 6.54 Å². The molecule has 0 saturated heterocycles. The summed E-state index contributed by atoms with van der Waals surface area (Å²) in [5.74, 6) is -0.673. The van der Waals surface area contributed by atoms with Crippen molar-refractivity contribution in [3.05, 3.63) is 34.6 Å². The number of nitrogens with two attached hydrogens (primary N) is 1. The molecule has 0 saturated carbocycles. The van der Waals surface area contributed by atoms with Gasteiger partial charge in [0.2, 0.25) is 5.91 Å². The van der Waals surface area contributed by atoms with Gasteiger partial charge in [0.1, 0.15) is 5.82 Å². The molecule has 0 radical (unpaired) electrons. The minimum Gasteiger partial charge on any atom is -0.340 e. The highest BCUT2D eigenvalue weighted by atomic mass is 35.5. The molecule has 3 nitrogen and oxygen atoms in total. The Morgan fingerprint density at radius 2 is 2.27 bits per heavy atom. The predicted octanol–water partition coefficient (Wildman–Crippen LogP) is 1.40. The van der Waals surface area contributed by atoms with Crippen molar-refractivity contribution in [3.63, 3.8) is 0 Å². The molecule has 0 atom stereocenters. The molecule has 0 fully saturated rings. The minimum atomic E-state index is -0.417. The van der Waals surface area contributed by atoms with E-state index in [4.69, 9.17) is 17.3 Å². The molecule has 1 amide bonds. The van der Waals surface area contributed by atoms with Crippen molar-refractivity contribution >= 4 is 17.5 Å². The van der Waals surface area contributed by atoms with Crippen LogP contribution in [0.3, 0.4) is 0 Å². The number of likely N-dealkylation sites (N-methyl/N-ethyl adjacent to an activating group) is 1. The van der Waals surface area contributed by atoms with Crippen molar-refractivity contribution in [1.29, 1.82) is 0 Å². The van der Waals surface area contributed by atoms with Gasteiger partial charge < -0.3 is 10.6 Å². The Kier molecular flexibility index (Phi) is 4.05. The summed E-state index contributed by atoms with van der Waals surface area (Å²) in [6, 6.07) is 4.41. The smallest absolute Gasteiger partial charge is 0.236 e. The summed E-state index contributed by atoms with van der Waals surface area (Å²) >= 11 is 5.81. The van der Waals surface area contributed by atoms with Gasteiger partial charge in [-0.3, -0.25) is 4.79 Å². The zero-order valence-electron chi connectivity index (χ0n) is 8.34. The van der Waals surface area contributed by atoms with Crippen LogP contribution in [0.1, 0.15) is 5.56 Å². The normalized spacial score (nSPS) is 10.1. The molecule has 1 aromatic rings. The van der Waals surface area contributed by atoms with Gasteiger partial charge in [-0.2, -0.15) is 0 Å². The van der Waals surface area contributed by atoms with Crippen molar-refractivity contribution in [2.45, 2.75) is 6.54 Å². The quantitative estimate of drug-likeness (QED) is 0.853. The zero-order chi connectivity index (χ0) is 11.4. The van der Waals surface area contributed by atoms with Gasteiger partial charge in [0, 0.05) is 24.2 Å². The molecule has 0 aliphatic heterocycles. The summed E-state index contributed by atoms with van der Waals surface area (Å²) in [7, 11) is 1.55. The second-order valence-corrected chi connectivity index (χ2v) is 3.56. The number of hydrogen-bond acceptors (Lipinski definition) is 2. The Morgan fingerprint density at radius 3 is 2.80 bits per heavy atom. The van der Waals surface area contributed by atoms with Gasteiger partial charge in [0.15, 0.2) is 0 Å². The first-order valence-electron chi connectivity index (χ1n) is 4.43. The van der Waals surface area contributed by atoms with E-state index < -0.39 is 5.82 Å². The number of benzene rings is 1. The minimum absolute atomic E-state index is 0.0947. The lowest BCUT2D eigenvalue weighted by Crippen LogP contribution is -2.32. The molecule has 1 rings (SSSR count). The molecular weight excluding hydrogens is 219 g/mol. The van der Waals surface area contributed by atoms with E-state index in [1.165, 1.54) is 17.0 Å². The van der Waals surface area contributed by atoms with E-state index >= 15 is 0 Å². The Morgan fingerprint density at radius 1 is 1.60 bits per heavy atom. The van der Waals surface area contributed by atoms with E-state index in [2.05, 4.69) is 0 Å². The van der Waals surface area contributed by atoms with Crippen molar-refractivity contribution < 1.29 is 9.18 Å². The third-order valence-electron chi connectivity index (χ3n) is 2.06. The third-order valence-corrected chi connectivity index (χ3v) is 2.41. The third kappa shape index (κ3) is 2.91. The van der Waals surface area contributed by atoms with Gasteiger partial charge in [-0.05, 0) is 12.1 Å². The summed E-state index contributed by atoms with van der Waals surface area (Å²) in [5.41, 5.74) is 5.49. The molecule has 0 aliphatic rings. The van der Waals surface area contributed by atoms with E-state index in [9.17, 15) is 9.18 Å². The average molecular weight is 231 g/mol. The maximum absolute atomic E-state index is 13.3. The molecule has 1 aromatic carbocycles. The van der Waals surface area contributed by atoms with Gasteiger partial charge in [0.25, 0.3) is 0 Å². The number of carbonyl (C=O) groups is 1. The fourth-order valence-electron chi connectivity index (χ4n) is 1.16. The maximum Gasteiger partial charge on any atom is 0.236 e. The molecule has 0 aromatic heterocycles. The number of rotatable bonds is 3. The first kappa shape index (κ1) is 11.9. The van der Waals surface area contributed by atoms with Crippen LogP contribution in [0.25, 0.3) is 0 Å². The lowest BCUT2D eigenvalue weighted by Gasteiger charge is -2.17. The Balaban J connectivity index is 2.85. The van der Waals surface area contributed by atoms with Crippen LogP contribution in [0.2, 0.25) is 5.02 Å². The molecule has 0 heterocycles. The van der Waals surface area contributed by atoms with Crippen LogP contribution in [-0.4, -0.2) is 24.4 Å². The Hall–Kier alpha value is -1.13. The molecule has 15 heavy (non-hydrogen) atoms. The van der Waals surface area contributed by atoms with E-state index in [0.717, 1.165) is 0 Å². The van der Waals surface area contributed by atoms with E-state index in [1.54, 1.807) is 13.1 Å². The SMILES string of the molecule is CN(Cc1c(F)cccc1Cl)C(=O)CN. The Bertz CT molecular complexity index is 350. The van der Waals surface area contributed by atoms with E-state index in [0.29, 0.717) is 10.6 Å². The highest BCUT2D eigenvalue weighted by Crippen LogP contribution is 2.20. The lowest BCUT2D eigenvalue weighted by molar-refractivity contribution is -0.128. The summed E-state index contributed by atoms with van der Waals surface area (Å²) in [6.07, 6.45) is 0. The number of amides is 1. The summed E-state index contributed by atoms with van der Waals surface area (Å²) in [5, 5.41) is 0.312. The number of hydrogen-bond donors (Lipinski definition) is 1. The van der Waals surface area contributed by atoms with Crippen LogP contribution in [0, 0.1) is 5.82 Å². The van der Waals surface area contributed by atoms with Gasteiger partial charge >= 0.3 is 0 Å². The number of halogens is 2. The number of carbonyl (C=O) groups excluding carboxylic acids is 1. The van der Waals surface area contributed by atoms with Crippen LogP contribution >= 0.6 is 11.6 Å². The first-order chi connectivity index (χ1) is 7.06. The second-order valence-electron chi connectivity index (χ2n) is 3.15. The van der Waals surface area contributed by atoms with Crippen molar-refractivity contribution in [2.24, 2.45) is 5.73 Å². The van der Waals surface area contributed by atoms with Crippen molar-refractivity contribution in [2.75, 3.05) is 13.6 Å². The van der Waals surface area contributed by atoms with Gasteiger partial charge in [-0.15, -0.1) is 0 Å². The molecule has 0 aliphatic carbocycles. The van der Waals surface area contributed by atoms with Crippen LogP contribution in [0.15, 0.2) is 18.2 Å². The summed E-state index contributed by atoms with van der Waals surface area (Å²) in [4.78, 5) is 12.5. The van der Waals surface area contributed by atoms with Crippen LogP contribution < -0.4 is 5.73 Å². The monoisotopic (exact) mass is 230 g/mol. The maximum atomic E-state index is 13.3. The van der Waals surface area contributed by atoms with Crippen molar-refractivity contribution in [1.82, 2.24) is 4.90 Å². The van der Waals surface area contributed by atoms with Crippen LogP contribution in [0.5, 0.6) is 0 Å². The topological polar surface area (TPSA) is 46.3 Å². The first-order valence-corrected chi connectivity index (χ1v) is 4.81. The van der Waals surface area contributed by atoms with Crippen LogP contribution in [0.4, 0.5) is 4.39 Å². The van der Waals surface area contributed by atoms with Crippen LogP contribution in [-0.2, 0) is 11.3 Å². The zero-order valence-corrected chi connectivity index (χ0v) is 9.09. The molecule has 2 N–H and O–H groups in total. The van der Waals surface area contributed by atoms with Gasteiger partial charge in [-0.1, -0.05) is 17.7 Å². The summed E-state index contributed by atoms with van der Waals surface area (Å²) < 4.78 is 13.3. The molecule has 0 bridgehead atoms. The molecular formula is C10H12ClFN2O. The predicted molar refractivity (Wildman–Crippen MR) is 56.9 cm³/mol. The van der Waals surface area contributed by atoms with E-state index in [-0.39, 0.29) is 19.0 Å². The highest BCUT2D eigenvalue weighted by molar-refractivity contribution is 6.31. The molecule has 0 unspecified atom stereocenters. The lowest BCUT2D eigenvalue weighted by atomic mass is 10.2. The standard InChI is InChI=1S/C10H12ClFN2O/c1-14(10(15)5-13)6-7-8(11)3-2-4-9(7)12/h2-4H,5-6,13H2,1H3. The average Bonchev–Trinajstić information content (AvgIpc) is 2.22. The molecule has 0 spiro atoms. The largest absolute Gasteiger partial charge is 0.340 e. The van der Waals surface area contributed by atoms with Crippen molar-refractivity contribution in [3.8, 4) is 0 Å². The highest BCUT2D eigenvalue weighted by Gasteiger charge is 2.12. The molecule has 82 valence electrons. The Labute approximate surface area is 92.6 Å².